The molecular formula is C20H29N3O. The quantitative estimate of drug-likeness (QED) is 0.760. The van der Waals surface area contributed by atoms with Crippen molar-refractivity contribution in [3.05, 3.63) is 36.0 Å². The molecular weight excluding hydrogens is 298 g/mol. The Morgan fingerprint density at radius 2 is 2.04 bits per heavy atom. The summed E-state index contributed by atoms with van der Waals surface area (Å²) in [5, 5.41) is 4.32. The van der Waals surface area contributed by atoms with Gasteiger partial charge in [0.15, 0.2) is 0 Å². The van der Waals surface area contributed by atoms with Crippen molar-refractivity contribution in [1.29, 1.82) is 0 Å². The minimum atomic E-state index is -0.488. The third kappa shape index (κ3) is 3.99. The van der Waals surface area contributed by atoms with Crippen LogP contribution in [0.4, 0.5) is 0 Å². The number of hydrogen-bond donors (Lipinski definition) is 3. The largest absolute Gasteiger partial charge is 0.361 e. The van der Waals surface area contributed by atoms with Crippen molar-refractivity contribution < 1.29 is 4.79 Å². The van der Waals surface area contributed by atoms with Gasteiger partial charge >= 0.3 is 0 Å². The number of fused-ring (bicyclic) bond motifs is 1. The minimum absolute atomic E-state index is 0.0146. The third-order valence-electron chi connectivity index (χ3n) is 5.34. The van der Waals surface area contributed by atoms with Crippen LogP contribution in [0.5, 0.6) is 0 Å². The number of hydrogen-bond acceptors (Lipinski definition) is 2. The molecule has 4 nitrogen and oxygen atoms in total. The van der Waals surface area contributed by atoms with Gasteiger partial charge in [-0.2, -0.15) is 0 Å². The number of nitrogens with two attached hydrogens (primary N) is 1. The molecule has 0 spiro atoms. The van der Waals surface area contributed by atoms with E-state index >= 15 is 0 Å². The molecule has 4 heteroatoms. The van der Waals surface area contributed by atoms with Crippen LogP contribution in [-0.4, -0.2) is 23.0 Å². The van der Waals surface area contributed by atoms with E-state index in [1.54, 1.807) is 0 Å². The first kappa shape index (κ1) is 17.0. The van der Waals surface area contributed by atoms with E-state index in [9.17, 15) is 4.79 Å². The first-order chi connectivity index (χ1) is 11.7. The lowest BCUT2D eigenvalue weighted by Gasteiger charge is -2.29. The van der Waals surface area contributed by atoms with Crippen LogP contribution >= 0.6 is 0 Å². The number of carbonyl (C=O) groups excluding carboxylic acids is 1. The lowest BCUT2D eigenvalue weighted by Crippen LogP contribution is -2.47. The van der Waals surface area contributed by atoms with Gasteiger partial charge in [-0.25, -0.2) is 0 Å². The molecule has 0 unspecified atom stereocenters. The Labute approximate surface area is 144 Å². The van der Waals surface area contributed by atoms with E-state index < -0.39 is 6.04 Å². The Bertz CT molecular complexity index is 670. The fourth-order valence-corrected chi connectivity index (χ4v) is 3.94. The van der Waals surface area contributed by atoms with Gasteiger partial charge < -0.3 is 16.0 Å². The molecule has 0 saturated heterocycles. The van der Waals surface area contributed by atoms with Crippen molar-refractivity contribution in [3.63, 3.8) is 0 Å². The lowest BCUT2D eigenvalue weighted by molar-refractivity contribution is -0.123. The van der Waals surface area contributed by atoms with E-state index in [1.807, 2.05) is 24.4 Å². The number of carbonyl (C=O) groups is 1. The SMILES string of the molecule is CCCC1CCC(NC(=O)[C@@H](N)Cc2c[nH]c3ccccc23)CC1. The second-order valence-corrected chi connectivity index (χ2v) is 7.19. The topological polar surface area (TPSA) is 70.9 Å². The van der Waals surface area contributed by atoms with Crippen molar-refractivity contribution in [3.8, 4) is 0 Å². The van der Waals surface area contributed by atoms with E-state index in [4.69, 9.17) is 5.73 Å². The van der Waals surface area contributed by atoms with Gasteiger partial charge in [0, 0.05) is 23.1 Å². The fourth-order valence-electron chi connectivity index (χ4n) is 3.94. The highest BCUT2D eigenvalue weighted by Crippen LogP contribution is 2.27. The van der Waals surface area contributed by atoms with E-state index in [-0.39, 0.29) is 5.91 Å². The highest BCUT2D eigenvalue weighted by atomic mass is 16.2. The molecule has 3 rings (SSSR count). The van der Waals surface area contributed by atoms with Crippen LogP contribution in [-0.2, 0) is 11.2 Å². The predicted octanol–water partition coefficient (Wildman–Crippen LogP) is 3.51. The highest BCUT2D eigenvalue weighted by Gasteiger charge is 2.24. The average molecular weight is 327 g/mol. The van der Waals surface area contributed by atoms with Crippen molar-refractivity contribution in [2.75, 3.05) is 0 Å². The number of rotatable bonds is 6. The number of aromatic nitrogens is 1. The second kappa shape index (κ2) is 7.84. The molecule has 1 aliphatic carbocycles. The van der Waals surface area contributed by atoms with Crippen molar-refractivity contribution in [1.82, 2.24) is 10.3 Å². The van der Waals surface area contributed by atoms with E-state index in [2.05, 4.69) is 23.3 Å². The Kier molecular flexibility index (Phi) is 5.56. The van der Waals surface area contributed by atoms with Gasteiger partial charge in [0.05, 0.1) is 6.04 Å². The zero-order valence-corrected chi connectivity index (χ0v) is 14.6. The number of benzene rings is 1. The molecule has 1 heterocycles. The Morgan fingerprint density at radius 3 is 2.79 bits per heavy atom. The average Bonchev–Trinajstić information content (AvgIpc) is 3.00. The first-order valence-electron chi connectivity index (χ1n) is 9.28. The monoisotopic (exact) mass is 327 g/mol. The van der Waals surface area contributed by atoms with Crippen LogP contribution in [0, 0.1) is 5.92 Å². The molecule has 130 valence electrons. The summed E-state index contributed by atoms with van der Waals surface area (Å²) in [4.78, 5) is 15.7. The van der Waals surface area contributed by atoms with Gasteiger partial charge in [-0.1, -0.05) is 38.0 Å². The van der Waals surface area contributed by atoms with Gasteiger partial charge in [-0.05, 0) is 49.7 Å². The molecule has 1 aliphatic rings. The minimum Gasteiger partial charge on any atom is -0.361 e. The standard InChI is InChI=1S/C20H29N3O/c1-2-5-14-8-10-16(11-9-14)23-20(24)18(21)12-15-13-22-19-7-4-3-6-17(15)19/h3-4,6-7,13-14,16,18,22H,2,5,8-12,21H2,1H3,(H,23,24)/t14?,16?,18-/m0/s1. The predicted molar refractivity (Wildman–Crippen MR) is 98.8 cm³/mol. The number of H-pyrrole nitrogens is 1. The number of aromatic amines is 1. The summed E-state index contributed by atoms with van der Waals surface area (Å²) < 4.78 is 0. The molecule has 4 N–H and O–H groups in total. The summed E-state index contributed by atoms with van der Waals surface area (Å²) in [5.41, 5.74) is 8.37. The zero-order chi connectivity index (χ0) is 16.9. The Hall–Kier alpha value is -1.81. The van der Waals surface area contributed by atoms with Gasteiger partial charge in [0.1, 0.15) is 0 Å². The zero-order valence-electron chi connectivity index (χ0n) is 14.6. The molecule has 2 aromatic rings. The number of para-hydroxylation sites is 1. The summed E-state index contributed by atoms with van der Waals surface area (Å²) >= 11 is 0. The number of nitrogens with one attached hydrogen (secondary N) is 2. The third-order valence-corrected chi connectivity index (χ3v) is 5.34. The smallest absolute Gasteiger partial charge is 0.237 e. The molecule has 24 heavy (non-hydrogen) atoms. The molecule has 0 aliphatic heterocycles. The molecule has 1 aromatic carbocycles. The molecule has 1 saturated carbocycles. The number of amides is 1. The summed E-state index contributed by atoms with van der Waals surface area (Å²) in [6, 6.07) is 7.95. The Balaban J connectivity index is 1.52. The molecule has 1 aromatic heterocycles. The van der Waals surface area contributed by atoms with Gasteiger partial charge in [-0.3, -0.25) is 4.79 Å². The van der Waals surface area contributed by atoms with Crippen LogP contribution in [0.15, 0.2) is 30.5 Å². The van der Waals surface area contributed by atoms with E-state index in [0.717, 1.165) is 35.2 Å². The molecule has 1 atom stereocenters. The van der Waals surface area contributed by atoms with Crippen LogP contribution in [0.1, 0.15) is 51.0 Å². The molecule has 1 amide bonds. The maximum absolute atomic E-state index is 12.4. The van der Waals surface area contributed by atoms with Gasteiger partial charge in [0.2, 0.25) is 5.91 Å². The summed E-state index contributed by atoms with van der Waals surface area (Å²) in [7, 11) is 0. The van der Waals surface area contributed by atoms with Gasteiger partial charge in [-0.15, -0.1) is 0 Å². The van der Waals surface area contributed by atoms with Crippen LogP contribution in [0.25, 0.3) is 10.9 Å². The molecule has 0 radical (unpaired) electrons. The van der Waals surface area contributed by atoms with Crippen LogP contribution < -0.4 is 11.1 Å². The van der Waals surface area contributed by atoms with Crippen LogP contribution in [0.2, 0.25) is 0 Å². The maximum Gasteiger partial charge on any atom is 0.237 e. The lowest BCUT2D eigenvalue weighted by atomic mass is 9.83. The van der Waals surface area contributed by atoms with Crippen molar-refractivity contribution in [2.24, 2.45) is 11.7 Å². The second-order valence-electron chi connectivity index (χ2n) is 7.19. The normalized spacial score (nSPS) is 22.4. The molecule has 0 bridgehead atoms. The summed E-state index contributed by atoms with van der Waals surface area (Å²) in [6.07, 6.45) is 9.77. The summed E-state index contributed by atoms with van der Waals surface area (Å²) in [5.74, 6) is 0.835. The van der Waals surface area contributed by atoms with Crippen molar-refractivity contribution >= 4 is 16.8 Å². The van der Waals surface area contributed by atoms with Gasteiger partial charge in [0.25, 0.3) is 0 Å². The highest BCUT2D eigenvalue weighted by molar-refractivity contribution is 5.86. The van der Waals surface area contributed by atoms with Crippen LogP contribution in [0.3, 0.4) is 0 Å². The van der Waals surface area contributed by atoms with Crippen molar-refractivity contribution in [2.45, 2.75) is 64.0 Å². The van der Waals surface area contributed by atoms with E-state index in [0.29, 0.717) is 12.5 Å². The van der Waals surface area contributed by atoms with E-state index in [1.165, 1.54) is 25.7 Å². The maximum atomic E-state index is 12.4. The summed E-state index contributed by atoms with van der Waals surface area (Å²) in [6.45, 7) is 2.25. The first-order valence-corrected chi connectivity index (χ1v) is 9.28. The fraction of sp³-hybridized carbons (Fsp3) is 0.550. The Morgan fingerprint density at radius 1 is 1.29 bits per heavy atom. The molecule has 1 fully saturated rings.